The Labute approximate surface area is 84.8 Å². The van der Waals surface area contributed by atoms with Crippen LogP contribution in [0.25, 0.3) is 0 Å². The SMILES string of the molecule is CNCC(C)C(=O)N(C)CC(=O)NC. The van der Waals surface area contributed by atoms with Crippen LogP contribution >= 0.6 is 0 Å². The molecule has 0 aromatic carbocycles. The Morgan fingerprint density at radius 1 is 1.36 bits per heavy atom. The van der Waals surface area contributed by atoms with Gasteiger partial charge in [-0.15, -0.1) is 0 Å². The summed E-state index contributed by atoms with van der Waals surface area (Å²) >= 11 is 0. The zero-order valence-corrected chi connectivity index (χ0v) is 9.26. The van der Waals surface area contributed by atoms with Gasteiger partial charge in [0.05, 0.1) is 6.54 Å². The van der Waals surface area contributed by atoms with Crippen LogP contribution < -0.4 is 10.6 Å². The maximum atomic E-state index is 11.6. The highest BCUT2D eigenvalue weighted by Gasteiger charge is 2.17. The van der Waals surface area contributed by atoms with E-state index in [0.29, 0.717) is 6.54 Å². The molecule has 0 rings (SSSR count). The Bertz CT molecular complexity index is 206. The first-order valence-corrected chi connectivity index (χ1v) is 4.63. The fourth-order valence-electron chi connectivity index (χ4n) is 1.14. The van der Waals surface area contributed by atoms with Crippen molar-refractivity contribution < 1.29 is 9.59 Å². The molecule has 14 heavy (non-hydrogen) atoms. The van der Waals surface area contributed by atoms with Crippen LogP contribution in [-0.4, -0.2) is 50.9 Å². The van der Waals surface area contributed by atoms with Crippen LogP contribution in [-0.2, 0) is 9.59 Å². The molecular weight excluding hydrogens is 182 g/mol. The first kappa shape index (κ1) is 12.9. The van der Waals surface area contributed by atoms with Crippen LogP contribution in [0.4, 0.5) is 0 Å². The number of likely N-dealkylation sites (N-methyl/N-ethyl adjacent to an activating group) is 2. The second kappa shape index (κ2) is 6.37. The fraction of sp³-hybridized carbons (Fsp3) is 0.778. The average molecular weight is 201 g/mol. The molecule has 0 aliphatic heterocycles. The smallest absolute Gasteiger partial charge is 0.239 e. The van der Waals surface area contributed by atoms with E-state index in [1.54, 1.807) is 21.1 Å². The zero-order valence-electron chi connectivity index (χ0n) is 9.26. The van der Waals surface area contributed by atoms with Crippen molar-refractivity contribution in [2.24, 2.45) is 5.92 Å². The number of carbonyl (C=O) groups is 2. The maximum absolute atomic E-state index is 11.6. The molecule has 82 valence electrons. The van der Waals surface area contributed by atoms with Gasteiger partial charge in [0, 0.05) is 26.6 Å². The predicted molar refractivity (Wildman–Crippen MR) is 54.8 cm³/mol. The van der Waals surface area contributed by atoms with Crippen LogP contribution in [0.3, 0.4) is 0 Å². The average Bonchev–Trinajstić information content (AvgIpc) is 2.16. The Morgan fingerprint density at radius 2 is 1.93 bits per heavy atom. The molecule has 0 aromatic rings. The number of hydrogen-bond acceptors (Lipinski definition) is 3. The van der Waals surface area contributed by atoms with Crippen LogP contribution in [0.1, 0.15) is 6.92 Å². The molecule has 2 amide bonds. The summed E-state index contributed by atoms with van der Waals surface area (Å²) < 4.78 is 0. The maximum Gasteiger partial charge on any atom is 0.239 e. The van der Waals surface area contributed by atoms with Crippen molar-refractivity contribution >= 4 is 11.8 Å². The van der Waals surface area contributed by atoms with Crippen LogP contribution in [0.2, 0.25) is 0 Å². The molecule has 0 spiro atoms. The third kappa shape index (κ3) is 4.23. The summed E-state index contributed by atoms with van der Waals surface area (Å²) in [6, 6.07) is 0. The van der Waals surface area contributed by atoms with Crippen LogP contribution in [0.15, 0.2) is 0 Å². The summed E-state index contributed by atoms with van der Waals surface area (Å²) in [6.07, 6.45) is 0. The molecule has 0 aromatic heterocycles. The molecule has 5 nitrogen and oxygen atoms in total. The Hall–Kier alpha value is -1.10. The molecule has 0 saturated carbocycles. The first-order chi connectivity index (χ1) is 6.52. The predicted octanol–water partition coefficient (Wildman–Crippen LogP) is -0.954. The third-order valence-corrected chi connectivity index (χ3v) is 1.97. The van der Waals surface area contributed by atoms with Gasteiger partial charge in [0.1, 0.15) is 0 Å². The number of hydrogen-bond donors (Lipinski definition) is 2. The van der Waals surface area contributed by atoms with E-state index in [1.165, 1.54) is 4.90 Å². The summed E-state index contributed by atoms with van der Waals surface area (Å²) in [7, 11) is 4.98. The highest BCUT2D eigenvalue weighted by molar-refractivity contribution is 5.85. The zero-order chi connectivity index (χ0) is 11.1. The lowest BCUT2D eigenvalue weighted by Gasteiger charge is -2.20. The van der Waals surface area contributed by atoms with Gasteiger partial charge in [-0.1, -0.05) is 6.92 Å². The summed E-state index contributed by atoms with van der Waals surface area (Å²) in [6.45, 7) is 2.57. The fourth-order valence-corrected chi connectivity index (χ4v) is 1.14. The van der Waals surface area contributed by atoms with E-state index in [9.17, 15) is 9.59 Å². The Balaban J connectivity index is 4.04. The van der Waals surface area contributed by atoms with Crippen molar-refractivity contribution in [2.45, 2.75) is 6.92 Å². The van der Waals surface area contributed by atoms with E-state index in [-0.39, 0.29) is 24.3 Å². The number of nitrogens with one attached hydrogen (secondary N) is 2. The minimum Gasteiger partial charge on any atom is -0.358 e. The summed E-state index contributed by atoms with van der Waals surface area (Å²) in [4.78, 5) is 24.0. The van der Waals surface area contributed by atoms with Gasteiger partial charge >= 0.3 is 0 Å². The number of carbonyl (C=O) groups excluding carboxylic acids is 2. The van der Waals surface area contributed by atoms with Crippen molar-refractivity contribution in [2.75, 3.05) is 34.2 Å². The van der Waals surface area contributed by atoms with Gasteiger partial charge in [-0.05, 0) is 7.05 Å². The van der Waals surface area contributed by atoms with Gasteiger partial charge < -0.3 is 15.5 Å². The minimum atomic E-state index is -0.155. The van der Waals surface area contributed by atoms with Crippen molar-refractivity contribution in [3.8, 4) is 0 Å². The Morgan fingerprint density at radius 3 is 2.36 bits per heavy atom. The van der Waals surface area contributed by atoms with Crippen LogP contribution in [0.5, 0.6) is 0 Å². The molecule has 0 fully saturated rings. The lowest BCUT2D eigenvalue weighted by molar-refractivity contribution is -0.137. The normalized spacial score (nSPS) is 12.0. The molecule has 1 unspecified atom stereocenters. The molecule has 1 atom stereocenters. The van der Waals surface area contributed by atoms with E-state index in [2.05, 4.69) is 10.6 Å². The largest absolute Gasteiger partial charge is 0.358 e. The third-order valence-electron chi connectivity index (χ3n) is 1.97. The highest BCUT2D eigenvalue weighted by atomic mass is 16.2. The molecule has 0 heterocycles. The molecule has 0 saturated heterocycles. The van der Waals surface area contributed by atoms with Crippen molar-refractivity contribution in [1.29, 1.82) is 0 Å². The summed E-state index contributed by atoms with van der Waals surface area (Å²) in [5, 5.41) is 5.40. The summed E-state index contributed by atoms with van der Waals surface area (Å²) in [5.41, 5.74) is 0. The number of rotatable bonds is 5. The van der Waals surface area contributed by atoms with Crippen molar-refractivity contribution in [3.05, 3.63) is 0 Å². The second-order valence-corrected chi connectivity index (χ2v) is 3.33. The number of nitrogens with zero attached hydrogens (tertiary/aromatic N) is 1. The molecule has 5 heteroatoms. The van der Waals surface area contributed by atoms with Crippen molar-refractivity contribution in [1.82, 2.24) is 15.5 Å². The van der Waals surface area contributed by atoms with E-state index in [4.69, 9.17) is 0 Å². The van der Waals surface area contributed by atoms with E-state index in [1.807, 2.05) is 6.92 Å². The van der Waals surface area contributed by atoms with Gasteiger partial charge in [0.15, 0.2) is 0 Å². The van der Waals surface area contributed by atoms with Gasteiger partial charge in [0.2, 0.25) is 11.8 Å². The monoisotopic (exact) mass is 201 g/mol. The topological polar surface area (TPSA) is 61.4 Å². The Kier molecular flexibility index (Phi) is 5.87. The number of amides is 2. The minimum absolute atomic E-state index is 0.0250. The molecular formula is C9H19N3O2. The molecule has 2 N–H and O–H groups in total. The van der Waals surface area contributed by atoms with Crippen LogP contribution in [0, 0.1) is 5.92 Å². The van der Waals surface area contributed by atoms with E-state index in [0.717, 1.165) is 0 Å². The lowest BCUT2D eigenvalue weighted by atomic mass is 10.1. The van der Waals surface area contributed by atoms with E-state index < -0.39 is 0 Å². The molecule has 0 aliphatic carbocycles. The lowest BCUT2D eigenvalue weighted by Crippen LogP contribution is -2.41. The van der Waals surface area contributed by atoms with Gasteiger partial charge in [-0.25, -0.2) is 0 Å². The van der Waals surface area contributed by atoms with Gasteiger partial charge in [0.25, 0.3) is 0 Å². The quantitative estimate of drug-likeness (QED) is 0.602. The summed E-state index contributed by atoms with van der Waals surface area (Å²) in [5.74, 6) is -0.282. The van der Waals surface area contributed by atoms with Crippen molar-refractivity contribution in [3.63, 3.8) is 0 Å². The molecule has 0 bridgehead atoms. The second-order valence-electron chi connectivity index (χ2n) is 3.33. The van der Waals surface area contributed by atoms with Gasteiger partial charge in [-0.3, -0.25) is 9.59 Å². The standard InChI is InChI=1S/C9H19N3O2/c1-7(5-10-2)9(14)12(4)6-8(13)11-3/h7,10H,5-6H2,1-4H3,(H,11,13). The van der Waals surface area contributed by atoms with E-state index >= 15 is 0 Å². The first-order valence-electron chi connectivity index (χ1n) is 4.63. The highest BCUT2D eigenvalue weighted by Crippen LogP contribution is 1.98. The van der Waals surface area contributed by atoms with Gasteiger partial charge in [-0.2, -0.15) is 0 Å². The molecule has 0 radical (unpaired) electrons. The molecule has 0 aliphatic rings.